The van der Waals surface area contributed by atoms with Crippen LogP contribution in [0.2, 0.25) is 0 Å². The summed E-state index contributed by atoms with van der Waals surface area (Å²) in [6.07, 6.45) is 4.57. The van der Waals surface area contributed by atoms with Crippen LogP contribution in [0.25, 0.3) is 0 Å². The SMILES string of the molecule is O=S(=O)(N1CCOCC1)N1CCC(NCC2CC2)CC1. The van der Waals surface area contributed by atoms with Gasteiger partial charge in [0.1, 0.15) is 0 Å². The molecule has 116 valence electrons. The minimum absolute atomic E-state index is 0.488. The Labute approximate surface area is 121 Å². The first-order chi connectivity index (χ1) is 9.66. The monoisotopic (exact) mass is 303 g/mol. The van der Waals surface area contributed by atoms with Crippen molar-refractivity contribution in [2.45, 2.75) is 31.7 Å². The van der Waals surface area contributed by atoms with E-state index < -0.39 is 10.2 Å². The van der Waals surface area contributed by atoms with Crippen molar-refractivity contribution in [2.24, 2.45) is 5.92 Å². The lowest BCUT2D eigenvalue weighted by Crippen LogP contribution is -2.52. The molecule has 0 aromatic carbocycles. The average molecular weight is 303 g/mol. The van der Waals surface area contributed by atoms with Gasteiger partial charge in [-0.2, -0.15) is 17.0 Å². The average Bonchev–Trinajstić information content (AvgIpc) is 3.31. The number of hydrogen-bond acceptors (Lipinski definition) is 4. The molecule has 0 bridgehead atoms. The van der Waals surface area contributed by atoms with E-state index in [1.165, 1.54) is 12.8 Å². The van der Waals surface area contributed by atoms with Gasteiger partial charge >= 0.3 is 0 Å². The number of rotatable bonds is 5. The molecule has 3 aliphatic rings. The van der Waals surface area contributed by atoms with Crippen LogP contribution >= 0.6 is 0 Å². The van der Waals surface area contributed by atoms with Gasteiger partial charge in [0, 0.05) is 32.2 Å². The highest BCUT2D eigenvalue weighted by molar-refractivity contribution is 7.86. The summed E-state index contributed by atoms with van der Waals surface area (Å²) in [6, 6.07) is 0.492. The van der Waals surface area contributed by atoms with Crippen LogP contribution in [-0.2, 0) is 14.9 Å². The summed E-state index contributed by atoms with van der Waals surface area (Å²) < 4.78 is 33.4. The minimum Gasteiger partial charge on any atom is -0.379 e. The van der Waals surface area contributed by atoms with Gasteiger partial charge in [0.15, 0.2) is 0 Å². The lowest BCUT2D eigenvalue weighted by molar-refractivity contribution is 0.0695. The van der Waals surface area contributed by atoms with E-state index in [2.05, 4.69) is 5.32 Å². The Balaban J connectivity index is 1.48. The molecule has 0 atom stereocenters. The van der Waals surface area contributed by atoms with Crippen molar-refractivity contribution in [2.75, 3.05) is 45.9 Å². The Hall–Kier alpha value is -0.210. The summed E-state index contributed by atoms with van der Waals surface area (Å²) in [5, 5.41) is 3.58. The normalized spacial score (nSPS) is 27.8. The van der Waals surface area contributed by atoms with Crippen molar-refractivity contribution in [3.05, 3.63) is 0 Å². The third-order valence-electron chi connectivity index (χ3n) is 4.47. The molecule has 0 amide bonds. The van der Waals surface area contributed by atoms with E-state index in [0.717, 1.165) is 25.3 Å². The van der Waals surface area contributed by atoms with E-state index >= 15 is 0 Å². The zero-order chi connectivity index (χ0) is 14.0. The largest absolute Gasteiger partial charge is 0.379 e. The minimum atomic E-state index is -3.27. The molecule has 7 heteroatoms. The van der Waals surface area contributed by atoms with Crippen LogP contribution < -0.4 is 5.32 Å². The third-order valence-corrected chi connectivity index (χ3v) is 6.50. The Morgan fingerprint density at radius 1 is 0.950 bits per heavy atom. The first-order valence-electron chi connectivity index (χ1n) is 7.72. The van der Waals surface area contributed by atoms with E-state index in [-0.39, 0.29) is 0 Å². The maximum absolute atomic E-state index is 12.5. The molecular formula is C13H25N3O3S. The summed E-state index contributed by atoms with van der Waals surface area (Å²) >= 11 is 0. The van der Waals surface area contributed by atoms with Crippen molar-refractivity contribution >= 4 is 10.2 Å². The van der Waals surface area contributed by atoms with Crippen molar-refractivity contribution in [3.63, 3.8) is 0 Å². The smallest absolute Gasteiger partial charge is 0.282 e. The quantitative estimate of drug-likeness (QED) is 0.778. The van der Waals surface area contributed by atoms with Crippen LogP contribution in [0.3, 0.4) is 0 Å². The summed E-state index contributed by atoms with van der Waals surface area (Å²) in [5.41, 5.74) is 0. The number of morpholine rings is 1. The molecule has 0 unspecified atom stereocenters. The molecule has 0 aromatic heterocycles. The highest BCUT2D eigenvalue weighted by Gasteiger charge is 2.34. The Bertz CT molecular complexity index is 411. The van der Waals surface area contributed by atoms with Gasteiger partial charge in [0.25, 0.3) is 10.2 Å². The van der Waals surface area contributed by atoms with E-state index in [1.807, 2.05) is 0 Å². The van der Waals surface area contributed by atoms with Crippen molar-refractivity contribution in [1.29, 1.82) is 0 Å². The highest BCUT2D eigenvalue weighted by atomic mass is 32.2. The molecule has 20 heavy (non-hydrogen) atoms. The van der Waals surface area contributed by atoms with Gasteiger partial charge in [-0.1, -0.05) is 0 Å². The second kappa shape index (κ2) is 6.27. The lowest BCUT2D eigenvalue weighted by Gasteiger charge is -2.36. The molecule has 6 nitrogen and oxygen atoms in total. The number of hydrogen-bond donors (Lipinski definition) is 1. The first-order valence-corrected chi connectivity index (χ1v) is 9.12. The Morgan fingerprint density at radius 3 is 2.15 bits per heavy atom. The fourth-order valence-corrected chi connectivity index (χ4v) is 4.50. The molecule has 2 heterocycles. The van der Waals surface area contributed by atoms with Crippen molar-refractivity contribution < 1.29 is 13.2 Å². The highest BCUT2D eigenvalue weighted by Crippen LogP contribution is 2.28. The van der Waals surface area contributed by atoms with E-state index in [0.29, 0.717) is 45.4 Å². The molecule has 0 spiro atoms. The van der Waals surface area contributed by atoms with Crippen LogP contribution in [0, 0.1) is 5.92 Å². The molecule has 2 aliphatic heterocycles. The summed E-state index contributed by atoms with van der Waals surface area (Å²) in [5.74, 6) is 0.880. The molecular weight excluding hydrogens is 278 g/mol. The number of nitrogens with zero attached hydrogens (tertiary/aromatic N) is 2. The number of ether oxygens (including phenoxy) is 1. The van der Waals surface area contributed by atoms with Crippen LogP contribution in [0.4, 0.5) is 0 Å². The van der Waals surface area contributed by atoms with Gasteiger partial charge in [-0.25, -0.2) is 0 Å². The van der Waals surface area contributed by atoms with Gasteiger partial charge in [0.05, 0.1) is 13.2 Å². The fraction of sp³-hybridized carbons (Fsp3) is 1.00. The maximum Gasteiger partial charge on any atom is 0.282 e. The van der Waals surface area contributed by atoms with Crippen molar-refractivity contribution in [1.82, 2.24) is 13.9 Å². The Kier molecular flexibility index (Phi) is 4.62. The van der Waals surface area contributed by atoms with Gasteiger partial charge < -0.3 is 10.1 Å². The van der Waals surface area contributed by atoms with Gasteiger partial charge in [0.2, 0.25) is 0 Å². The fourth-order valence-electron chi connectivity index (χ4n) is 2.89. The lowest BCUT2D eigenvalue weighted by atomic mass is 10.1. The predicted molar refractivity (Wildman–Crippen MR) is 76.6 cm³/mol. The van der Waals surface area contributed by atoms with Gasteiger partial charge in [-0.05, 0) is 38.1 Å². The predicted octanol–water partition coefficient (Wildman–Crippen LogP) is 0.0274. The second-order valence-electron chi connectivity index (χ2n) is 6.04. The van der Waals surface area contributed by atoms with Gasteiger partial charge in [-0.3, -0.25) is 0 Å². The summed E-state index contributed by atoms with van der Waals surface area (Å²) in [7, 11) is -3.27. The zero-order valence-electron chi connectivity index (χ0n) is 12.0. The summed E-state index contributed by atoms with van der Waals surface area (Å²) in [4.78, 5) is 0. The number of nitrogens with one attached hydrogen (secondary N) is 1. The molecule has 1 N–H and O–H groups in total. The van der Waals surface area contributed by atoms with E-state index in [4.69, 9.17) is 4.74 Å². The first kappa shape index (κ1) is 14.7. The second-order valence-corrected chi connectivity index (χ2v) is 7.97. The van der Waals surface area contributed by atoms with E-state index in [1.54, 1.807) is 8.61 Å². The molecule has 0 aromatic rings. The molecule has 1 aliphatic carbocycles. The molecule has 3 fully saturated rings. The molecule has 2 saturated heterocycles. The standard InChI is InChI=1S/C13H25N3O3S/c17-20(18,16-7-9-19-10-8-16)15-5-3-13(4-6-15)14-11-12-1-2-12/h12-14H,1-11H2. The molecule has 0 radical (unpaired) electrons. The zero-order valence-corrected chi connectivity index (χ0v) is 12.8. The van der Waals surface area contributed by atoms with Crippen LogP contribution in [0.15, 0.2) is 0 Å². The molecule has 1 saturated carbocycles. The van der Waals surface area contributed by atoms with E-state index in [9.17, 15) is 8.42 Å². The van der Waals surface area contributed by atoms with Crippen molar-refractivity contribution in [3.8, 4) is 0 Å². The van der Waals surface area contributed by atoms with Gasteiger partial charge in [-0.15, -0.1) is 0 Å². The third kappa shape index (κ3) is 3.51. The maximum atomic E-state index is 12.5. The van der Waals surface area contributed by atoms with Crippen LogP contribution in [0.5, 0.6) is 0 Å². The summed E-state index contributed by atoms with van der Waals surface area (Å²) in [6.45, 7) is 4.40. The Morgan fingerprint density at radius 2 is 1.55 bits per heavy atom. The number of piperidine rings is 1. The topological polar surface area (TPSA) is 61.9 Å². The molecule has 3 rings (SSSR count). The van der Waals surface area contributed by atoms with Crippen LogP contribution in [0.1, 0.15) is 25.7 Å². The van der Waals surface area contributed by atoms with Crippen LogP contribution in [-0.4, -0.2) is 69.0 Å².